The van der Waals surface area contributed by atoms with E-state index in [1.165, 1.54) is 45.4 Å². The van der Waals surface area contributed by atoms with Crippen molar-refractivity contribution in [3.63, 3.8) is 0 Å². The van der Waals surface area contributed by atoms with Gasteiger partial charge in [0.05, 0.1) is 17.4 Å². The number of anilines is 2. The van der Waals surface area contributed by atoms with E-state index in [0.29, 0.717) is 0 Å². The molecule has 0 atom stereocenters. The Kier molecular flexibility index (Phi) is 7.95. The van der Waals surface area contributed by atoms with Gasteiger partial charge in [-0.3, -0.25) is 4.90 Å². The van der Waals surface area contributed by atoms with Crippen LogP contribution >= 0.6 is 11.8 Å². The molecule has 2 aliphatic heterocycles. The van der Waals surface area contributed by atoms with E-state index < -0.39 is 0 Å². The zero-order valence-corrected chi connectivity index (χ0v) is 22.8. The summed E-state index contributed by atoms with van der Waals surface area (Å²) in [4.78, 5) is 10.1. The second kappa shape index (κ2) is 11.9. The zero-order valence-electron chi connectivity index (χ0n) is 22.0. The topological polar surface area (TPSA) is 9.72 Å². The number of halogens is 2. The fourth-order valence-electron chi connectivity index (χ4n) is 5.78. The van der Waals surface area contributed by atoms with Crippen LogP contribution in [0.5, 0.6) is 0 Å². The van der Waals surface area contributed by atoms with Crippen LogP contribution in [0.4, 0.5) is 20.2 Å². The molecule has 3 nitrogen and oxygen atoms in total. The second-order valence-corrected chi connectivity index (χ2v) is 11.4. The van der Waals surface area contributed by atoms with E-state index in [1.54, 1.807) is 0 Å². The van der Waals surface area contributed by atoms with E-state index in [-0.39, 0.29) is 17.7 Å². The Morgan fingerprint density at radius 1 is 0.590 bits per heavy atom. The lowest BCUT2D eigenvalue weighted by Crippen LogP contribution is -2.48. The summed E-state index contributed by atoms with van der Waals surface area (Å²) >= 11 is 1.86. The van der Waals surface area contributed by atoms with Crippen molar-refractivity contribution in [2.45, 2.75) is 28.7 Å². The van der Waals surface area contributed by atoms with Crippen LogP contribution in [0, 0.1) is 11.6 Å². The van der Waals surface area contributed by atoms with Crippen LogP contribution in [0.2, 0.25) is 0 Å². The molecule has 4 aromatic rings. The van der Waals surface area contributed by atoms with E-state index >= 15 is 0 Å². The van der Waals surface area contributed by atoms with Gasteiger partial charge in [-0.2, -0.15) is 0 Å². The highest BCUT2D eigenvalue weighted by Crippen LogP contribution is 2.47. The largest absolute Gasteiger partial charge is 0.340 e. The molecule has 39 heavy (non-hydrogen) atoms. The molecule has 4 aromatic carbocycles. The third-order valence-electron chi connectivity index (χ3n) is 7.78. The average Bonchev–Trinajstić information content (AvgIpc) is 2.97. The van der Waals surface area contributed by atoms with E-state index in [0.717, 1.165) is 63.2 Å². The predicted octanol–water partition coefficient (Wildman–Crippen LogP) is 7.75. The maximum atomic E-state index is 13.6. The van der Waals surface area contributed by atoms with Crippen LogP contribution in [0.15, 0.2) is 107 Å². The van der Waals surface area contributed by atoms with Gasteiger partial charge >= 0.3 is 0 Å². The summed E-state index contributed by atoms with van der Waals surface area (Å²) in [5, 5.41) is 0. The van der Waals surface area contributed by atoms with E-state index in [1.807, 2.05) is 36.0 Å². The summed E-state index contributed by atoms with van der Waals surface area (Å²) in [7, 11) is 0. The molecule has 2 heterocycles. The molecule has 0 amide bonds. The molecule has 2 aliphatic rings. The Morgan fingerprint density at radius 2 is 1.08 bits per heavy atom. The highest BCUT2D eigenvalue weighted by atomic mass is 32.2. The number of fused-ring (bicyclic) bond motifs is 2. The van der Waals surface area contributed by atoms with E-state index in [9.17, 15) is 8.78 Å². The minimum Gasteiger partial charge on any atom is -0.340 e. The first-order valence-electron chi connectivity index (χ1n) is 13.8. The van der Waals surface area contributed by atoms with Crippen LogP contribution in [-0.4, -0.2) is 49.1 Å². The van der Waals surface area contributed by atoms with Crippen molar-refractivity contribution in [1.29, 1.82) is 0 Å². The van der Waals surface area contributed by atoms with Gasteiger partial charge in [-0.05, 0) is 79.0 Å². The van der Waals surface area contributed by atoms with Crippen molar-refractivity contribution in [2.75, 3.05) is 44.2 Å². The lowest BCUT2D eigenvalue weighted by molar-refractivity contribution is 0.108. The normalized spacial score (nSPS) is 15.8. The number of para-hydroxylation sites is 2. The Bertz CT molecular complexity index is 1290. The monoisotopic (exact) mass is 541 g/mol. The van der Waals surface area contributed by atoms with Gasteiger partial charge in [0.15, 0.2) is 0 Å². The van der Waals surface area contributed by atoms with Gasteiger partial charge in [0.1, 0.15) is 11.6 Å². The van der Waals surface area contributed by atoms with Crippen molar-refractivity contribution < 1.29 is 8.78 Å². The highest BCUT2D eigenvalue weighted by molar-refractivity contribution is 7.99. The van der Waals surface area contributed by atoms with Crippen molar-refractivity contribution in [3.05, 3.63) is 120 Å². The molecule has 0 aliphatic carbocycles. The maximum Gasteiger partial charge on any atom is 0.123 e. The molecule has 0 bridgehead atoms. The fraction of sp³-hybridized carbons (Fsp3) is 0.273. The van der Waals surface area contributed by atoms with Gasteiger partial charge in [0, 0.05) is 42.5 Å². The van der Waals surface area contributed by atoms with Gasteiger partial charge < -0.3 is 9.80 Å². The number of rotatable bonds is 8. The quantitative estimate of drug-likeness (QED) is 0.211. The first-order chi connectivity index (χ1) is 19.2. The number of hydrogen-bond acceptors (Lipinski definition) is 4. The summed E-state index contributed by atoms with van der Waals surface area (Å²) < 4.78 is 27.3. The summed E-state index contributed by atoms with van der Waals surface area (Å²) in [6.45, 7) is 5.91. The van der Waals surface area contributed by atoms with Crippen molar-refractivity contribution in [3.8, 4) is 0 Å². The number of benzene rings is 4. The summed E-state index contributed by atoms with van der Waals surface area (Å²) in [6, 6.07) is 30.9. The number of piperazine rings is 1. The first-order valence-corrected chi connectivity index (χ1v) is 14.6. The van der Waals surface area contributed by atoms with Gasteiger partial charge in [-0.1, -0.05) is 60.3 Å². The number of hydrogen-bond donors (Lipinski definition) is 0. The Morgan fingerprint density at radius 3 is 1.62 bits per heavy atom. The Labute approximate surface area is 234 Å². The van der Waals surface area contributed by atoms with Crippen LogP contribution in [0.1, 0.15) is 30.0 Å². The molecule has 0 unspecified atom stereocenters. The van der Waals surface area contributed by atoms with Crippen molar-refractivity contribution in [1.82, 2.24) is 9.80 Å². The van der Waals surface area contributed by atoms with Crippen molar-refractivity contribution in [2.24, 2.45) is 0 Å². The smallest absolute Gasteiger partial charge is 0.123 e. The molecule has 0 aromatic heterocycles. The number of unbranched alkanes of at least 4 members (excludes halogenated alkanes) is 1. The highest BCUT2D eigenvalue weighted by Gasteiger charge is 2.27. The van der Waals surface area contributed by atoms with Crippen molar-refractivity contribution >= 4 is 23.1 Å². The molecule has 6 heteroatoms. The third-order valence-corrected chi connectivity index (χ3v) is 8.91. The molecule has 0 N–H and O–H groups in total. The van der Waals surface area contributed by atoms with E-state index in [4.69, 9.17) is 0 Å². The number of nitrogens with zero attached hydrogens (tertiary/aromatic N) is 3. The zero-order chi connectivity index (χ0) is 26.6. The molecule has 0 saturated carbocycles. The molecule has 1 saturated heterocycles. The van der Waals surface area contributed by atoms with Gasteiger partial charge in [-0.15, -0.1) is 0 Å². The van der Waals surface area contributed by atoms with Crippen LogP contribution in [0.25, 0.3) is 0 Å². The lowest BCUT2D eigenvalue weighted by atomic mass is 9.96. The van der Waals surface area contributed by atoms with Crippen LogP contribution < -0.4 is 4.90 Å². The molecular weight excluding hydrogens is 508 g/mol. The molecular formula is C33H33F2N3S. The van der Waals surface area contributed by atoms with Gasteiger partial charge in [0.25, 0.3) is 0 Å². The lowest BCUT2D eigenvalue weighted by Gasteiger charge is -2.40. The Hall–Kier alpha value is -3.19. The molecule has 6 rings (SSSR count). The summed E-state index contributed by atoms with van der Waals surface area (Å²) in [5.41, 5.74) is 4.69. The second-order valence-electron chi connectivity index (χ2n) is 10.3. The van der Waals surface area contributed by atoms with Gasteiger partial charge in [0.2, 0.25) is 0 Å². The molecule has 200 valence electrons. The van der Waals surface area contributed by atoms with E-state index in [2.05, 4.69) is 63.2 Å². The minimum atomic E-state index is -0.239. The third kappa shape index (κ3) is 5.88. The fourth-order valence-corrected chi connectivity index (χ4v) is 6.87. The summed E-state index contributed by atoms with van der Waals surface area (Å²) in [5.74, 6) is -0.478. The SMILES string of the molecule is Fc1ccc(C(c2ccc(F)cc2)N2CCN(CCCCN3c4ccccc4Sc4ccccc43)CC2)cc1. The average molecular weight is 542 g/mol. The molecule has 0 spiro atoms. The van der Waals surface area contributed by atoms with Crippen LogP contribution in [0.3, 0.4) is 0 Å². The van der Waals surface area contributed by atoms with Crippen LogP contribution in [-0.2, 0) is 0 Å². The standard InChI is InChI=1S/C33H33F2N3S/c34-27-15-11-25(12-16-27)33(26-13-17-28(35)18-14-26)37-23-21-36(22-24-37)19-5-6-20-38-29-7-1-3-9-31(29)39-32-10-4-2-8-30(32)38/h1-4,7-18,33H,5-6,19-24H2. The molecule has 1 fully saturated rings. The minimum absolute atomic E-state index is 0.00884. The first kappa shape index (κ1) is 26.1. The maximum absolute atomic E-state index is 13.6. The Balaban J connectivity index is 1.05. The summed E-state index contributed by atoms with van der Waals surface area (Å²) in [6.07, 6.45) is 2.27. The predicted molar refractivity (Wildman–Crippen MR) is 156 cm³/mol. The van der Waals surface area contributed by atoms with Gasteiger partial charge in [-0.25, -0.2) is 8.78 Å². The molecule has 0 radical (unpaired) electrons.